The van der Waals surface area contributed by atoms with Crippen LogP contribution in [-0.2, 0) is 4.79 Å². The molecule has 4 rings (SSSR count). The molecule has 4 heteroatoms. The smallest absolute Gasteiger partial charge is 0.282 e. The molecule has 0 unspecified atom stereocenters. The number of quaternary nitrogens is 1. The molecular formula is C19H29ClN2O. The predicted octanol–water partition coefficient (Wildman–Crippen LogP) is 0.655. The number of halogens is 1. The Balaban J connectivity index is 0.00000192. The summed E-state index contributed by atoms with van der Waals surface area (Å²) < 4.78 is 1.03. The summed E-state index contributed by atoms with van der Waals surface area (Å²) in [7, 11) is 0. The van der Waals surface area contributed by atoms with Crippen LogP contribution in [0.2, 0.25) is 0 Å². The molecule has 1 N–H and O–H groups in total. The normalized spacial score (nSPS) is 29.0. The summed E-state index contributed by atoms with van der Waals surface area (Å²) in [5, 5.41) is 3.26. The van der Waals surface area contributed by atoms with Gasteiger partial charge in [-0.3, -0.25) is 4.79 Å². The highest BCUT2D eigenvalue weighted by Gasteiger charge is 2.50. The van der Waals surface area contributed by atoms with Crippen LogP contribution in [0.4, 0.5) is 5.69 Å². The predicted molar refractivity (Wildman–Crippen MR) is 90.8 cm³/mol. The maximum absolute atomic E-state index is 13.0. The second-order valence-electron chi connectivity index (χ2n) is 7.34. The number of nitrogens with one attached hydrogen (secondary N) is 1. The van der Waals surface area contributed by atoms with Crippen LogP contribution in [0.25, 0.3) is 0 Å². The number of carbonyl (C=O) groups is 1. The van der Waals surface area contributed by atoms with Gasteiger partial charge in [0.1, 0.15) is 0 Å². The standard InChI is InChI=1S/C19H28N2O.ClH/c1-4-10-21-11-8-16(9-12-21)13-17(21)19(22)20-18-14(2)6-5-7-15(18)3;/h5-7,16-17H,4,8-13H2,1-3H3;1H/t16?,17-,21?;/m0./s1. The number of para-hydroxylation sites is 1. The molecule has 3 aliphatic heterocycles. The zero-order valence-electron chi connectivity index (χ0n) is 14.6. The molecule has 2 bridgehead atoms. The third kappa shape index (κ3) is 3.41. The molecule has 1 aromatic rings. The number of rotatable bonds is 4. The van der Waals surface area contributed by atoms with Gasteiger partial charge in [-0.2, -0.15) is 0 Å². The van der Waals surface area contributed by atoms with Crippen LogP contribution in [0.5, 0.6) is 0 Å². The van der Waals surface area contributed by atoms with E-state index in [4.69, 9.17) is 0 Å². The van der Waals surface area contributed by atoms with E-state index in [1.54, 1.807) is 0 Å². The van der Waals surface area contributed by atoms with E-state index in [0.29, 0.717) is 0 Å². The summed E-state index contributed by atoms with van der Waals surface area (Å²) in [4.78, 5) is 13.0. The van der Waals surface area contributed by atoms with Crippen molar-refractivity contribution in [2.75, 3.05) is 25.0 Å². The minimum absolute atomic E-state index is 0. The molecule has 0 spiro atoms. The zero-order valence-corrected chi connectivity index (χ0v) is 15.3. The van der Waals surface area contributed by atoms with Gasteiger partial charge in [-0.05, 0) is 50.2 Å². The zero-order chi connectivity index (χ0) is 15.7. The minimum atomic E-state index is 0. The number of piperidine rings is 3. The summed E-state index contributed by atoms with van der Waals surface area (Å²) in [6.07, 6.45) is 4.87. The number of aryl methyl sites for hydroxylation is 2. The number of nitrogens with zero attached hydrogens (tertiary/aromatic N) is 1. The Morgan fingerprint density at radius 3 is 2.39 bits per heavy atom. The Morgan fingerprint density at radius 2 is 1.83 bits per heavy atom. The number of hydrogen-bond donors (Lipinski definition) is 1. The lowest BCUT2D eigenvalue weighted by Crippen LogP contribution is -3.00. The van der Waals surface area contributed by atoms with E-state index < -0.39 is 0 Å². The highest BCUT2D eigenvalue weighted by Crippen LogP contribution is 2.39. The fourth-order valence-electron chi connectivity index (χ4n) is 4.62. The molecule has 0 radical (unpaired) electrons. The van der Waals surface area contributed by atoms with E-state index in [0.717, 1.165) is 46.6 Å². The van der Waals surface area contributed by atoms with Gasteiger partial charge in [-0.25, -0.2) is 0 Å². The molecule has 3 heterocycles. The van der Waals surface area contributed by atoms with E-state index in [-0.39, 0.29) is 24.4 Å². The highest BCUT2D eigenvalue weighted by molar-refractivity contribution is 5.95. The van der Waals surface area contributed by atoms with Crippen molar-refractivity contribution < 1.29 is 21.7 Å². The number of fused-ring (bicyclic) bond motifs is 3. The number of benzene rings is 1. The number of amides is 1. The maximum atomic E-state index is 13.0. The van der Waals surface area contributed by atoms with Crippen molar-refractivity contribution in [1.82, 2.24) is 0 Å². The van der Waals surface area contributed by atoms with Crippen molar-refractivity contribution in [3.05, 3.63) is 29.3 Å². The Morgan fingerprint density at radius 1 is 1.22 bits per heavy atom. The van der Waals surface area contributed by atoms with Crippen molar-refractivity contribution in [3.8, 4) is 0 Å². The largest absolute Gasteiger partial charge is 1.00 e. The fraction of sp³-hybridized carbons (Fsp3) is 0.632. The van der Waals surface area contributed by atoms with Gasteiger partial charge in [0.25, 0.3) is 5.91 Å². The number of hydrogen-bond acceptors (Lipinski definition) is 1. The lowest BCUT2D eigenvalue weighted by atomic mass is 9.80. The van der Waals surface area contributed by atoms with Gasteiger partial charge in [0.15, 0.2) is 6.04 Å². The van der Waals surface area contributed by atoms with Gasteiger partial charge in [0, 0.05) is 12.1 Å². The first-order valence-electron chi connectivity index (χ1n) is 8.78. The Kier molecular flexibility index (Phi) is 5.74. The summed E-state index contributed by atoms with van der Waals surface area (Å²) >= 11 is 0. The summed E-state index contributed by atoms with van der Waals surface area (Å²) in [6, 6.07) is 6.36. The molecule has 128 valence electrons. The molecule has 1 aromatic carbocycles. The van der Waals surface area contributed by atoms with Gasteiger partial charge in [0.05, 0.1) is 19.6 Å². The molecule has 3 saturated heterocycles. The molecule has 1 atom stereocenters. The van der Waals surface area contributed by atoms with Crippen molar-refractivity contribution in [2.24, 2.45) is 5.92 Å². The van der Waals surface area contributed by atoms with E-state index in [1.807, 2.05) is 0 Å². The van der Waals surface area contributed by atoms with Crippen LogP contribution in [0.15, 0.2) is 18.2 Å². The first kappa shape index (κ1) is 18.3. The van der Waals surface area contributed by atoms with Gasteiger partial charge < -0.3 is 22.2 Å². The van der Waals surface area contributed by atoms with E-state index in [1.165, 1.54) is 25.9 Å². The molecule has 23 heavy (non-hydrogen) atoms. The topological polar surface area (TPSA) is 29.1 Å². The van der Waals surface area contributed by atoms with Crippen LogP contribution in [0.3, 0.4) is 0 Å². The average Bonchev–Trinajstić information content (AvgIpc) is 2.52. The molecule has 0 saturated carbocycles. The first-order chi connectivity index (χ1) is 10.6. The molecule has 3 aliphatic rings. The van der Waals surface area contributed by atoms with Crippen molar-refractivity contribution in [3.63, 3.8) is 0 Å². The second-order valence-corrected chi connectivity index (χ2v) is 7.34. The SMILES string of the molecule is CCC[N+]12CCC(CC1)C[C@H]2C(=O)Nc1c(C)cccc1C.[Cl-]. The van der Waals surface area contributed by atoms with Crippen LogP contribution in [0.1, 0.15) is 43.7 Å². The number of anilines is 1. The van der Waals surface area contributed by atoms with Crippen molar-refractivity contribution in [1.29, 1.82) is 0 Å². The average molecular weight is 337 g/mol. The van der Waals surface area contributed by atoms with Crippen LogP contribution >= 0.6 is 0 Å². The number of carbonyl (C=O) groups excluding carboxylic acids is 1. The molecular weight excluding hydrogens is 308 g/mol. The molecule has 0 aliphatic carbocycles. The van der Waals surface area contributed by atoms with Gasteiger partial charge >= 0.3 is 0 Å². The third-order valence-corrected chi connectivity index (χ3v) is 5.88. The third-order valence-electron chi connectivity index (χ3n) is 5.88. The van der Waals surface area contributed by atoms with Gasteiger partial charge in [-0.15, -0.1) is 0 Å². The second kappa shape index (κ2) is 7.23. The van der Waals surface area contributed by atoms with Crippen LogP contribution in [0, 0.1) is 19.8 Å². The summed E-state index contributed by atoms with van der Waals surface area (Å²) in [5.74, 6) is 1.01. The summed E-state index contributed by atoms with van der Waals surface area (Å²) in [5.41, 5.74) is 3.34. The monoisotopic (exact) mass is 336 g/mol. The Bertz CT molecular complexity index is 539. The van der Waals surface area contributed by atoms with Crippen LogP contribution < -0.4 is 17.7 Å². The van der Waals surface area contributed by atoms with Crippen molar-refractivity contribution >= 4 is 11.6 Å². The highest BCUT2D eigenvalue weighted by atomic mass is 35.5. The Labute approximate surface area is 146 Å². The van der Waals surface area contributed by atoms with Crippen molar-refractivity contribution in [2.45, 2.75) is 52.5 Å². The van der Waals surface area contributed by atoms with E-state index in [9.17, 15) is 4.79 Å². The van der Waals surface area contributed by atoms with Gasteiger partial charge in [0.2, 0.25) is 0 Å². The van der Waals surface area contributed by atoms with Crippen LogP contribution in [-0.4, -0.2) is 36.1 Å². The fourth-order valence-corrected chi connectivity index (χ4v) is 4.62. The lowest BCUT2D eigenvalue weighted by molar-refractivity contribution is -0.957. The van der Waals surface area contributed by atoms with E-state index in [2.05, 4.69) is 44.3 Å². The lowest BCUT2D eigenvalue weighted by Gasteiger charge is -2.53. The van der Waals surface area contributed by atoms with E-state index >= 15 is 0 Å². The maximum Gasteiger partial charge on any atom is 0.282 e. The molecule has 3 nitrogen and oxygen atoms in total. The molecule has 3 fully saturated rings. The quantitative estimate of drug-likeness (QED) is 0.804. The Hall–Kier alpha value is -1.06. The first-order valence-corrected chi connectivity index (χ1v) is 8.78. The minimum Gasteiger partial charge on any atom is -1.00 e. The van der Waals surface area contributed by atoms with Gasteiger partial charge in [-0.1, -0.05) is 25.1 Å². The summed E-state index contributed by atoms with van der Waals surface area (Å²) in [6.45, 7) is 9.94. The molecule has 0 aromatic heterocycles. The molecule has 1 amide bonds.